The summed E-state index contributed by atoms with van der Waals surface area (Å²) in [4.78, 5) is 4.48. The Bertz CT molecular complexity index is 658. The molecule has 0 aliphatic rings. The van der Waals surface area contributed by atoms with Crippen molar-refractivity contribution < 1.29 is 4.42 Å². The van der Waals surface area contributed by atoms with Crippen LogP contribution in [0.3, 0.4) is 0 Å². The number of hydrogen-bond donors (Lipinski definition) is 1. The smallest absolute Gasteiger partial charge is 0.140 e. The van der Waals surface area contributed by atoms with Crippen molar-refractivity contribution in [3.05, 3.63) is 66.9 Å². The maximum Gasteiger partial charge on any atom is 0.140 e. The Morgan fingerprint density at radius 1 is 1.19 bits per heavy atom. The number of imidazole rings is 1. The fraction of sp³-hybridized carbons (Fsp3) is 0.235. The number of nitrogens with one attached hydrogen (secondary N) is 1. The number of furan rings is 1. The van der Waals surface area contributed by atoms with E-state index in [1.54, 1.807) is 6.26 Å². The summed E-state index contributed by atoms with van der Waals surface area (Å²) < 4.78 is 7.52. The van der Waals surface area contributed by atoms with Crippen LogP contribution in [0.1, 0.15) is 18.7 Å². The van der Waals surface area contributed by atoms with Crippen LogP contribution in [-0.2, 0) is 6.54 Å². The van der Waals surface area contributed by atoms with Crippen molar-refractivity contribution in [3.63, 3.8) is 0 Å². The largest absolute Gasteiger partial charge is 0.468 e. The van der Waals surface area contributed by atoms with Crippen LogP contribution in [-0.4, -0.2) is 16.1 Å². The van der Waals surface area contributed by atoms with Gasteiger partial charge in [0.1, 0.15) is 11.6 Å². The van der Waals surface area contributed by atoms with Crippen molar-refractivity contribution in [1.29, 1.82) is 0 Å². The lowest BCUT2D eigenvalue weighted by Crippen LogP contribution is -2.23. The van der Waals surface area contributed by atoms with E-state index < -0.39 is 0 Å². The summed E-state index contributed by atoms with van der Waals surface area (Å²) in [6.07, 6.45) is 5.58. The molecule has 0 saturated heterocycles. The van der Waals surface area contributed by atoms with Crippen LogP contribution in [0.25, 0.3) is 11.4 Å². The van der Waals surface area contributed by atoms with Crippen LogP contribution in [0.4, 0.5) is 0 Å². The second kappa shape index (κ2) is 6.41. The molecule has 2 heterocycles. The Morgan fingerprint density at radius 3 is 2.81 bits per heavy atom. The van der Waals surface area contributed by atoms with Gasteiger partial charge in [0.15, 0.2) is 0 Å². The maximum atomic E-state index is 5.32. The van der Waals surface area contributed by atoms with Crippen LogP contribution >= 0.6 is 0 Å². The average molecular weight is 281 g/mol. The first kappa shape index (κ1) is 13.6. The zero-order chi connectivity index (χ0) is 14.5. The Labute approximate surface area is 124 Å². The first-order chi connectivity index (χ1) is 10.3. The van der Waals surface area contributed by atoms with Crippen LogP contribution < -0.4 is 5.32 Å². The first-order valence-electron chi connectivity index (χ1n) is 7.16. The van der Waals surface area contributed by atoms with Crippen molar-refractivity contribution in [3.8, 4) is 11.4 Å². The van der Waals surface area contributed by atoms with Gasteiger partial charge in [-0.3, -0.25) is 0 Å². The van der Waals surface area contributed by atoms with E-state index in [9.17, 15) is 0 Å². The maximum absolute atomic E-state index is 5.32. The van der Waals surface area contributed by atoms with Gasteiger partial charge in [-0.2, -0.15) is 0 Å². The van der Waals surface area contributed by atoms with E-state index in [0.717, 1.165) is 30.2 Å². The van der Waals surface area contributed by atoms with E-state index in [2.05, 4.69) is 33.9 Å². The van der Waals surface area contributed by atoms with Gasteiger partial charge in [-0.25, -0.2) is 4.98 Å². The molecule has 3 rings (SSSR count). The quantitative estimate of drug-likeness (QED) is 0.752. The van der Waals surface area contributed by atoms with Crippen LogP contribution in [0, 0.1) is 0 Å². The molecule has 108 valence electrons. The predicted molar refractivity (Wildman–Crippen MR) is 82.8 cm³/mol. The lowest BCUT2D eigenvalue weighted by atomic mass is 10.2. The van der Waals surface area contributed by atoms with Gasteiger partial charge >= 0.3 is 0 Å². The van der Waals surface area contributed by atoms with Crippen molar-refractivity contribution in [1.82, 2.24) is 14.9 Å². The molecule has 1 unspecified atom stereocenters. The van der Waals surface area contributed by atoms with Gasteiger partial charge in [-0.15, -0.1) is 0 Å². The van der Waals surface area contributed by atoms with Crippen molar-refractivity contribution in [2.24, 2.45) is 0 Å². The number of nitrogens with zero attached hydrogens (tertiary/aromatic N) is 2. The molecule has 21 heavy (non-hydrogen) atoms. The predicted octanol–water partition coefficient (Wildman–Crippen LogP) is 3.49. The number of hydrogen-bond acceptors (Lipinski definition) is 3. The first-order valence-corrected chi connectivity index (χ1v) is 7.16. The number of aromatic nitrogens is 2. The Kier molecular flexibility index (Phi) is 4.17. The highest BCUT2D eigenvalue weighted by Crippen LogP contribution is 2.20. The number of rotatable bonds is 6. The molecule has 2 aromatic heterocycles. The summed E-state index contributed by atoms with van der Waals surface area (Å²) in [5, 5.41) is 3.41. The molecule has 3 aromatic rings. The van der Waals surface area contributed by atoms with Gasteiger partial charge in [-0.05, 0) is 19.1 Å². The molecule has 0 spiro atoms. The molecule has 4 nitrogen and oxygen atoms in total. The highest BCUT2D eigenvalue weighted by atomic mass is 16.3. The molecule has 1 atom stereocenters. The fourth-order valence-corrected chi connectivity index (χ4v) is 2.40. The summed E-state index contributed by atoms with van der Waals surface area (Å²) in [6.45, 7) is 3.78. The monoisotopic (exact) mass is 281 g/mol. The molecular weight excluding hydrogens is 262 g/mol. The second-order valence-electron chi connectivity index (χ2n) is 5.08. The Morgan fingerprint density at radius 2 is 2.05 bits per heavy atom. The molecule has 0 radical (unpaired) electrons. The highest BCUT2D eigenvalue weighted by Gasteiger charge is 2.11. The normalized spacial score (nSPS) is 12.4. The van der Waals surface area contributed by atoms with Crippen molar-refractivity contribution in [2.75, 3.05) is 6.54 Å². The lowest BCUT2D eigenvalue weighted by Gasteiger charge is -2.17. The molecule has 4 heteroatoms. The highest BCUT2D eigenvalue weighted by molar-refractivity contribution is 5.55. The zero-order valence-corrected chi connectivity index (χ0v) is 12.1. The lowest BCUT2D eigenvalue weighted by molar-refractivity contribution is 0.449. The minimum Gasteiger partial charge on any atom is -0.468 e. The molecule has 0 fully saturated rings. The van der Waals surface area contributed by atoms with Gasteiger partial charge in [0, 0.05) is 30.5 Å². The molecular formula is C17H19N3O. The molecule has 1 aromatic carbocycles. The third-order valence-corrected chi connectivity index (χ3v) is 3.49. The molecule has 1 N–H and O–H groups in total. The van der Waals surface area contributed by atoms with Gasteiger partial charge in [0.05, 0.1) is 12.8 Å². The summed E-state index contributed by atoms with van der Waals surface area (Å²) >= 11 is 0. The topological polar surface area (TPSA) is 43.0 Å². The molecule has 0 aliphatic carbocycles. The summed E-state index contributed by atoms with van der Waals surface area (Å²) in [6, 6.07) is 14.5. The molecule has 0 saturated carbocycles. The van der Waals surface area contributed by atoms with Crippen molar-refractivity contribution >= 4 is 0 Å². The summed E-state index contributed by atoms with van der Waals surface area (Å²) in [5.41, 5.74) is 1.14. The minimum atomic E-state index is 0.317. The second-order valence-corrected chi connectivity index (χ2v) is 5.08. The SMILES string of the molecule is CC(CNCc1ccco1)n1ccnc1-c1ccccc1. The van der Waals surface area contributed by atoms with E-state index in [1.807, 2.05) is 42.7 Å². The van der Waals surface area contributed by atoms with E-state index in [1.165, 1.54) is 0 Å². The van der Waals surface area contributed by atoms with E-state index in [0.29, 0.717) is 6.04 Å². The molecule has 0 bridgehead atoms. The van der Waals surface area contributed by atoms with Gasteiger partial charge in [-0.1, -0.05) is 30.3 Å². The minimum absolute atomic E-state index is 0.317. The third kappa shape index (κ3) is 3.23. The Hall–Kier alpha value is -2.33. The van der Waals surface area contributed by atoms with Crippen LogP contribution in [0.15, 0.2) is 65.5 Å². The fourth-order valence-electron chi connectivity index (χ4n) is 2.40. The zero-order valence-electron chi connectivity index (χ0n) is 12.1. The van der Waals surface area contributed by atoms with E-state index in [4.69, 9.17) is 4.42 Å². The third-order valence-electron chi connectivity index (χ3n) is 3.49. The average Bonchev–Trinajstić information content (AvgIpc) is 3.19. The van der Waals surface area contributed by atoms with E-state index >= 15 is 0 Å². The van der Waals surface area contributed by atoms with Gasteiger partial charge < -0.3 is 14.3 Å². The number of benzene rings is 1. The van der Waals surface area contributed by atoms with Crippen LogP contribution in [0.5, 0.6) is 0 Å². The molecule has 0 amide bonds. The van der Waals surface area contributed by atoms with Crippen molar-refractivity contribution in [2.45, 2.75) is 19.5 Å². The summed E-state index contributed by atoms with van der Waals surface area (Å²) in [7, 11) is 0. The Balaban J connectivity index is 1.65. The van der Waals surface area contributed by atoms with Crippen LogP contribution in [0.2, 0.25) is 0 Å². The van der Waals surface area contributed by atoms with Gasteiger partial charge in [0.2, 0.25) is 0 Å². The van der Waals surface area contributed by atoms with Gasteiger partial charge in [0.25, 0.3) is 0 Å². The molecule has 0 aliphatic heterocycles. The standard InChI is InChI=1S/C17H19N3O/c1-14(12-18-13-16-8-5-11-21-16)20-10-9-19-17(20)15-6-3-2-4-7-15/h2-11,14,18H,12-13H2,1H3. The van der Waals surface area contributed by atoms with E-state index in [-0.39, 0.29) is 0 Å². The summed E-state index contributed by atoms with van der Waals surface area (Å²) in [5.74, 6) is 1.96.